The van der Waals surface area contributed by atoms with Crippen molar-refractivity contribution in [3.8, 4) is 0 Å². The van der Waals surface area contributed by atoms with Gasteiger partial charge in [0.15, 0.2) is 12.1 Å². The van der Waals surface area contributed by atoms with Crippen molar-refractivity contribution in [1.29, 1.82) is 0 Å². The summed E-state index contributed by atoms with van der Waals surface area (Å²) in [6.07, 6.45) is 2.45. The molecule has 0 saturated carbocycles. The van der Waals surface area contributed by atoms with Crippen molar-refractivity contribution in [3.63, 3.8) is 0 Å². The van der Waals surface area contributed by atoms with E-state index in [1.165, 1.54) is 26.8 Å². The number of hydrogen-bond donors (Lipinski definition) is 0. The molecule has 1 aromatic heterocycles. The predicted octanol–water partition coefficient (Wildman–Crippen LogP) is 0.308. The van der Waals surface area contributed by atoms with Gasteiger partial charge < -0.3 is 4.42 Å². The first-order valence-corrected chi connectivity index (χ1v) is 2.96. The summed E-state index contributed by atoms with van der Waals surface area (Å²) in [5.74, 6) is -0.332. The van der Waals surface area contributed by atoms with Gasteiger partial charge in [-0.2, -0.15) is 0 Å². The van der Waals surface area contributed by atoms with E-state index < -0.39 is 0 Å². The Morgan fingerprint density at radius 3 is 3.00 bits per heavy atom. The molecule has 0 saturated heterocycles. The number of amides is 1. The van der Waals surface area contributed by atoms with Crippen LogP contribution in [0.15, 0.2) is 17.1 Å². The van der Waals surface area contributed by atoms with Crippen LogP contribution in [0.1, 0.15) is 10.5 Å². The Morgan fingerprint density at radius 1 is 1.82 bits per heavy atom. The van der Waals surface area contributed by atoms with E-state index in [1.807, 2.05) is 0 Å². The molecule has 0 aliphatic heterocycles. The zero-order valence-electron chi connectivity index (χ0n) is 6.27. The summed E-state index contributed by atoms with van der Waals surface area (Å²) >= 11 is 0. The first-order chi connectivity index (χ1) is 5.25. The average molecular weight is 156 g/mol. The predicted molar refractivity (Wildman–Crippen MR) is 35.6 cm³/mol. The lowest BCUT2D eigenvalue weighted by molar-refractivity contribution is -0.0760. The molecule has 1 rings (SSSR count). The molecule has 60 valence electrons. The van der Waals surface area contributed by atoms with Crippen LogP contribution in [-0.4, -0.2) is 30.1 Å². The van der Waals surface area contributed by atoms with Gasteiger partial charge in [0, 0.05) is 7.05 Å². The molecule has 5 nitrogen and oxygen atoms in total. The van der Waals surface area contributed by atoms with Gasteiger partial charge in [0.2, 0.25) is 0 Å². The summed E-state index contributed by atoms with van der Waals surface area (Å²) in [4.78, 5) is 19.4. The van der Waals surface area contributed by atoms with Crippen molar-refractivity contribution >= 4 is 5.91 Å². The van der Waals surface area contributed by atoms with Gasteiger partial charge >= 0.3 is 0 Å². The van der Waals surface area contributed by atoms with Gasteiger partial charge in [-0.15, -0.1) is 0 Å². The minimum absolute atomic E-state index is 0.231. The quantitative estimate of drug-likeness (QED) is 0.578. The number of nitrogens with zero attached hydrogens (tertiary/aromatic N) is 2. The molecule has 1 aromatic rings. The van der Waals surface area contributed by atoms with E-state index >= 15 is 0 Å². The molecular weight excluding hydrogens is 148 g/mol. The van der Waals surface area contributed by atoms with Crippen LogP contribution in [0.3, 0.4) is 0 Å². The Hall–Kier alpha value is -1.36. The Kier molecular flexibility index (Phi) is 2.22. The fraction of sp³-hybridized carbons (Fsp3) is 0.333. The van der Waals surface area contributed by atoms with Crippen molar-refractivity contribution in [1.82, 2.24) is 10.0 Å². The Bertz CT molecular complexity index is 232. The lowest BCUT2D eigenvalue weighted by Gasteiger charge is -2.10. The second kappa shape index (κ2) is 3.16. The number of carbonyl (C=O) groups is 1. The molecule has 0 atom stereocenters. The van der Waals surface area contributed by atoms with Crippen LogP contribution >= 0.6 is 0 Å². The third-order valence-corrected chi connectivity index (χ3v) is 1.21. The zero-order chi connectivity index (χ0) is 8.27. The Labute approximate surface area is 63.5 Å². The summed E-state index contributed by atoms with van der Waals surface area (Å²) in [7, 11) is 2.90. The second-order valence-corrected chi connectivity index (χ2v) is 1.86. The van der Waals surface area contributed by atoms with Gasteiger partial charge in [-0.1, -0.05) is 0 Å². The van der Waals surface area contributed by atoms with Crippen molar-refractivity contribution in [3.05, 3.63) is 18.4 Å². The number of carbonyl (C=O) groups excluding carboxylic acids is 1. The van der Waals surface area contributed by atoms with E-state index in [9.17, 15) is 4.79 Å². The molecule has 5 heteroatoms. The molecule has 0 spiro atoms. The molecule has 11 heavy (non-hydrogen) atoms. The average Bonchev–Trinajstić information content (AvgIpc) is 2.53. The molecule has 0 aliphatic carbocycles. The van der Waals surface area contributed by atoms with Crippen LogP contribution in [-0.2, 0) is 4.84 Å². The highest BCUT2D eigenvalue weighted by molar-refractivity contribution is 5.90. The lowest BCUT2D eigenvalue weighted by atomic mass is 10.4. The first kappa shape index (κ1) is 7.74. The van der Waals surface area contributed by atoms with Crippen molar-refractivity contribution in [2.45, 2.75) is 0 Å². The van der Waals surface area contributed by atoms with E-state index in [4.69, 9.17) is 0 Å². The Balaban J connectivity index is 2.70. The molecule has 1 heterocycles. The van der Waals surface area contributed by atoms with Gasteiger partial charge in [-0.25, -0.2) is 10.0 Å². The SMILES string of the molecule is CON(C)C(=O)c1cocn1. The monoisotopic (exact) mass is 156 g/mol. The van der Waals surface area contributed by atoms with Crippen LogP contribution < -0.4 is 0 Å². The van der Waals surface area contributed by atoms with Gasteiger partial charge in [0.05, 0.1) is 7.11 Å². The summed E-state index contributed by atoms with van der Waals surface area (Å²) in [6.45, 7) is 0. The molecular formula is C6H8N2O3. The van der Waals surface area contributed by atoms with Gasteiger partial charge in [0.25, 0.3) is 5.91 Å². The number of hydrogen-bond acceptors (Lipinski definition) is 4. The largest absolute Gasteiger partial charge is 0.451 e. The van der Waals surface area contributed by atoms with Crippen LogP contribution in [0, 0.1) is 0 Å². The minimum Gasteiger partial charge on any atom is -0.451 e. The molecule has 0 bridgehead atoms. The van der Waals surface area contributed by atoms with Crippen LogP contribution in [0.25, 0.3) is 0 Å². The minimum atomic E-state index is -0.332. The van der Waals surface area contributed by atoms with E-state index in [0.29, 0.717) is 0 Å². The molecule has 0 aromatic carbocycles. The van der Waals surface area contributed by atoms with E-state index in [-0.39, 0.29) is 11.6 Å². The van der Waals surface area contributed by atoms with Gasteiger partial charge in [0.1, 0.15) is 6.26 Å². The lowest BCUT2D eigenvalue weighted by Crippen LogP contribution is -2.25. The van der Waals surface area contributed by atoms with Crippen LogP contribution in [0.5, 0.6) is 0 Å². The molecule has 0 N–H and O–H groups in total. The van der Waals surface area contributed by atoms with Crippen LogP contribution in [0.2, 0.25) is 0 Å². The maximum Gasteiger partial charge on any atom is 0.299 e. The third-order valence-electron chi connectivity index (χ3n) is 1.21. The van der Waals surface area contributed by atoms with Crippen molar-refractivity contribution < 1.29 is 14.0 Å². The molecule has 1 amide bonds. The zero-order valence-corrected chi connectivity index (χ0v) is 6.27. The highest BCUT2D eigenvalue weighted by atomic mass is 16.7. The summed E-state index contributed by atoms with van der Waals surface area (Å²) in [6, 6.07) is 0. The summed E-state index contributed by atoms with van der Waals surface area (Å²) < 4.78 is 4.62. The maximum atomic E-state index is 11.1. The van der Waals surface area contributed by atoms with Crippen molar-refractivity contribution in [2.75, 3.05) is 14.2 Å². The normalized spacial score (nSPS) is 9.64. The van der Waals surface area contributed by atoms with E-state index in [0.717, 1.165) is 5.06 Å². The standard InChI is InChI=1S/C6H8N2O3/c1-8(10-2)6(9)5-3-11-4-7-5/h3-4H,1-2H3. The summed E-state index contributed by atoms with van der Waals surface area (Å²) in [5, 5.41) is 1.07. The molecule has 0 unspecified atom stereocenters. The van der Waals surface area contributed by atoms with E-state index in [1.54, 1.807) is 0 Å². The highest BCUT2D eigenvalue weighted by Gasteiger charge is 2.13. The summed E-state index contributed by atoms with van der Waals surface area (Å²) in [5.41, 5.74) is 0.231. The molecule has 0 fully saturated rings. The molecule has 0 radical (unpaired) electrons. The van der Waals surface area contributed by atoms with Gasteiger partial charge in [-0.05, 0) is 0 Å². The fourth-order valence-corrected chi connectivity index (χ4v) is 0.562. The number of hydroxylamine groups is 2. The smallest absolute Gasteiger partial charge is 0.299 e. The Morgan fingerprint density at radius 2 is 2.55 bits per heavy atom. The van der Waals surface area contributed by atoms with Crippen LogP contribution in [0.4, 0.5) is 0 Å². The van der Waals surface area contributed by atoms with E-state index in [2.05, 4.69) is 14.2 Å². The third kappa shape index (κ3) is 1.56. The molecule has 0 aliphatic rings. The highest BCUT2D eigenvalue weighted by Crippen LogP contribution is 1.98. The fourth-order valence-electron chi connectivity index (χ4n) is 0.562. The van der Waals surface area contributed by atoms with Gasteiger partial charge in [-0.3, -0.25) is 9.63 Å². The first-order valence-electron chi connectivity index (χ1n) is 2.96. The number of rotatable bonds is 2. The topological polar surface area (TPSA) is 55.6 Å². The number of oxazole rings is 1. The second-order valence-electron chi connectivity index (χ2n) is 1.86. The number of aromatic nitrogens is 1. The maximum absolute atomic E-state index is 11.1. The van der Waals surface area contributed by atoms with Crippen molar-refractivity contribution in [2.24, 2.45) is 0 Å².